The van der Waals surface area contributed by atoms with Crippen LogP contribution in [0.25, 0.3) is 0 Å². The highest BCUT2D eigenvalue weighted by Crippen LogP contribution is 2.12. The summed E-state index contributed by atoms with van der Waals surface area (Å²) in [5.74, 6) is 0.976. The summed E-state index contributed by atoms with van der Waals surface area (Å²) >= 11 is 0. The van der Waals surface area contributed by atoms with Crippen molar-refractivity contribution >= 4 is 11.6 Å². The number of rotatable bonds is 5. The Morgan fingerprint density at radius 1 is 1.42 bits per heavy atom. The third kappa shape index (κ3) is 4.02. The van der Waals surface area contributed by atoms with E-state index >= 15 is 0 Å². The zero-order valence-corrected chi connectivity index (χ0v) is 10.6. The van der Waals surface area contributed by atoms with Gasteiger partial charge in [0, 0.05) is 11.8 Å². The Morgan fingerprint density at radius 3 is 2.79 bits per heavy atom. The Hall–Kier alpha value is -2.50. The molecule has 100 valence electrons. The van der Waals surface area contributed by atoms with E-state index < -0.39 is 0 Å². The van der Waals surface area contributed by atoms with Gasteiger partial charge in [0.25, 0.3) is 5.91 Å². The zero-order valence-electron chi connectivity index (χ0n) is 10.6. The van der Waals surface area contributed by atoms with E-state index in [1.54, 1.807) is 30.3 Å². The van der Waals surface area contributed by atoms with E-state index in [9.17, 15) is 4.79 Å². The largest absolute Gasteiger partial charge is 0.484 e. The van der Waals surface area contributed by atoms with Crippen molar-refractivity contribution in [3.8, 4) is 5.75 Å². The first-order chi connectivity index (χ1) is 9.13. The fourth-order valence-electron chi connectivity index (χ4n) is 1.45. The number of nitrogens with two attached hydrogens (primary N) is 1. The van der Waals surface area contributed by atoms with Crippen LogP contribution in [0.4, 0.5) is 5.69 Å². The van der Waals surface area contributed by atoms with E-state index in [4.69, 9.17) is 15.0 Å². The van der Waals surface area contributed by atoms with Gasteiger partial charge in [-0.2, -0.15) is 0 Å². The van der Waals surface area contributed by atoms with Crippen molar-refractivity contribution in [2.45, 2.75) is 13.5 Å². The molecule has 0 aliphatic heterocycles. The van der Waals surface area contributed by atoms with E-state index in [1.165, 1.54) is 0 Å². The number of amides is 1. The molecule has 19 heavy (non-hydrogen) atoms. The summed E-state index contributed by atoms with van der Waals surface area (Å²) in [6, 6.07) is 8.61. The molecule has 1 amide bonds. The topological polar surface area (TPSA) is 90.4 Å². The molecule has 0 fully saturated rings. The number of carbonyl (C=O) groups is 1. The Bertz CT molecular complexity index is 549. The SMILES string of the molecule is Cc1cc(CNC(=O)COc2ccc(N)cc2)on1. The normalized spacial score (nSPS) is 10.2. The molecule has 6 heteroatoms. The molecule has 1 aromatic carbocycles. The van der Waals surface area contributed by atoms with Crippen LogP contribution in [-0.2, 0) is 11.3 Å². The number of ether oxygens (including phenoxy) is 1. The van der Waals surface area contributed by atoms with Crippen LogP contribution in [0.1, 0.15) is 11.5 Å². The van der Waals surface area contributed by atoms with Gasteiger partial charge in [-0.25, -0.2) is 0 Å². The minimum atomic E-state index is -0.231. The number of nitrogens with zero attached hydrogens (tertiary/aromatic N) is 1. The summed E-state index contributed by atoms with van der Waals surface area (Å²) in [5, 5.41) is 6.40. The van der Waals surface area contributed by atoms with Crippen molar-refractivity contribution in [3.63, 3.8) is 0 Å². The summed E-state index contributed by atoms with van der Waals surface area (Å²) in [5.41, 5.74) is 6.98. The van der Waals surface area contributed by atoms with Crippen molar-refractivity contribution in [1.29, 1.82) is 0 Å². The Balaban J connectivity index is 1.74. The molecule has 0 aliphatic carbocycles. The molecule has 0 aliphatic rings. The summed E-state index contributed by atoms with van der Waals surface area (Å²) in [7, 11) is 0. The molecule has 0 saturated heterocycles. The number of nitrogens with one attached hydrogen (secondary N) is 1. The van der Waals surface area contributed by atoms with Gasteiger partial charge < -0.3 is 20.3 Å². The maximum absolute atomic E-state index is 11.5. The van der Waals surface area contributed by atoms with Gasteiger partial charge >= 0.3 is 0 Å². The molecular formula is C13H15N3O3. The van der Waals surface area contributed by atoms with E-state index in [-0.39, 0.29) is 12.5 Å². The number of nitrogen functional groups attached to an aromatic ring is 1. The summed E-state index contributed by atoms with van der Waals surface area (Å²) in [6.07, 6.45) is 0. The molecule has 0 saturated carbocycles. The standard InChI is InChI=1S/C13H15N3O3/c1-9-6-12(19-16-9)7-15-13(17)8-18-11-4-2-10(14)3-5-11/h2-6H,7-8,14H2,1H3,(H,15,17). The number of aromatic nitrogens is 1. The van der Waals surface area contributed by atoms with Crippen LogP contribution >= 0.6 is 0 Å². The zero-order chi connectivity index (χ0) is 13.7. The summed E-state index contributed by atoms with van der Waals surface area (Å²) < 4.78 is 10.3. The highest BCUT2D eigenvalue weighted by molar-refractivity contribution is 5.77. The lowest BCUT2D eigenvalue weighted by Gasteiger charge is -2.06. The Morgan fingerprint density at radius 2 is 2.16 bits per heavy atom. The minimum absolute atomic E-state index is 0.0585. The van der Waals surface area contributed by atoms with E-state index in [1.807, 2.05) is 6.92 Å². The molecule has 1 heterocycles. The number of benzene rings is 1. The quantitative estimate of drug-likeness (QED) is 0.791. The number of hydrogen-bond acceptors (Lipinski definition) is 5. The molecule has 0 spiro atoms. The first-order valence-corrected chi connectivity index (χ1v) is 5.81. The first-order valence-electron chi connectivity index (χ1n) is 5.81. The fourth-order valence-corrected chi connectivity index (χ4v) is 1.45. The van der Waals surface area contributed by atoms with Crippen molar-refractivity contribution in [2.24, 2.45) is 0 Å². The van der Waals surface area contributed by atoms with Crippen LogP contribution in [0.2, 0.25) is 0 Å². The second kappa shape index (κ2) is 5.90. The van der Waals surface area contributed by atoms with Gasteiger partial charge in [0.2, 0.25) is 0 Å². The smallest absolute Gasteiger partial charge is 0.258 e. The number of anilines is 1. The molecular weight excluding hydrogens is 246 g/mol. The van der Waals surface area contributed by atoms with Crippen LogP contribution in [0.5, 0.6) is 5.75 Å². The van der Waals surface area contributed by atoms with Gasteiger partial charge in [-0.05, 0) is 31.2 Å². The second-order valence-electron chi connectivity index (χ2n) is 4.07. The summed E-state index contributed by atoms with van der Waals surface area (Å²) in [6.45, 7) is 2.06. The monoisotopic (exact) mass is 261 g/mol. The van der Waals surface area contributed by atoms with E-state index in [0.29, 0.717) is 23.7 Å². The molecule has 6 nitrogen and oxygen atoms in total. The van der Waals surface area contributed by atoms with Gasteiger partial charge in [-0.15, -0.1) is 0 Å². The molecule has 0 radical (unpaired) electrons. The van der Waals surface area contributed by atoms with Crippen LogP contribution < -0.4 is 15.8 Å². The van der Waals surface area contributed by atoms with Gasteiger partial charge in [-0.1, -0.05) is 5.16 Å². The van der Waals surface area contributed by atoms with Gasteiger partial charge in [0.1, 0.15) is 5.75 Å². The predicted octanol–water partition coefficient (Wildman–Crippen LogP) is 1.26. The Kier molecular flexibility index (Phi) is 4.02. The summed E-state index contributed by atoms with van der Waals surface area (Å²) in [4.78, 5) is 11.5. The minimum Gasteiger partial charge on any atom is -0.484 e. The highest BCUT2D eigenvalue weighted by Gasteiger charge is 2.05. The van der Waals surface area contributed by atoms with Gasteiger partial charge in [0.05, 0.1) is 12.2 Å². The van der Waals surface area contributed by atoms with Crippen molar-refractivity contribution in [1.82, 2.24) is 10.5 Å². The molecule has 1 aromatic heterocycles. The lowest BCUT2D eigenvalue weighted by Crippen LogP contribution is -2.28. The van der Waals surface area contributed by atoms with Crippen LogP contribution in [0.3, 0.4) is 0 Å². The molecule has 2 aromatic rings. The van der Waals surface area contributed by atoms with E-state index in [0.717, 1.165) is 5.69 Å². The number of aryl methyl sites for hydroxylation is 1. The highest BCUT2D eigenvalue weighted by atomic mass is 16.5. The fraction of sp³-hybridized carbons (Fsp3) is 0.231. The third-order valence-electron chi connectivity index (χ3n) is 2.39. The van der Waals surface area contributed by atoms with Gasteiger partial charge in [-0.3, -0.25) is 4.79 Å². The number of hydrogen-bond donors (Lipinski definition) is 2. The molecule has 2 rings (SSSR count). The lowest BCUT2D eigenvalue weighted by atomic mass is 10.3. The molecule has 0 atom stereocenters. The average Bonchev–Trinajstić information content (AvgIpc) is 2.81. The lowest BCUT2D eigenvalue weighted by molar-refractivity contribution is -0.123. The maximum Gasteiger partial charge on any atom is 0.258 e. The van der Waals surface area contributed by atoms with E-state index in [2.05, 4.69) is 10.5 Å². The first kappa shape index (κ1) is 12.9. The third-order valence-corrected chi connectivity index (χ3v) is 2.39. The average molecular weight is 261 g/mol. The second-order valence-corrected chi connectivity index (χ2v) is 4.07. The van der Waals surface area contributed by atoms with Crippen LogP contribution in [-0.4, -0.2) is 17.7 Å². The van der Waals surface area contributed by atoms with Gasteiger partial charge in [0.15, 0.2) is 12.4 Å². The van der Waals surface area contributed by atoms with Crippen LogP contribution in [0, 0.1) is 6.92 Å². The predicted molar refractivity (Wildman–Crippen MR) is 69.4 cm³/mol. The van der Waals surface area contributed by atoms with Crippen LogP contribution in [0.15, 0.2) is 34.9 Å². The molecule has 0 unspecified atom stereocenters. The van der Waals surface area contributed by atoms with Crippen molar-refractivity contribution in [2.75, 3.05) is 12.3 Å². The maximum atomic E-state index is 11.5. The van der Waals surface area contributed by atoms with Crippen molar-refractivity contribution < 1.29 is 14.1 Å². The number of carbonyl (C=O) groups excluding carboxylic acids is 1. The van der Waals surface area contributed by atoms with Crippen molar-refractivity contribution in [3.05, 3.63) is 41.8 Å². The molecule has 3 N–H and O–H groups in total. The Labute approximate surface area is 110 Å². The molecule has 0 bridgehead atoms.